The number of aliphatic carboxylic acids is 1. The number of fused-ring (bicyclic) bond motifs is 4. The summed E-state index contributed by atoms with van der Waals surface area (Å²) in [7, 11) is -2.50. The maximum Gasteiger partial charge on any atom is 0.407 e. The van der Waals surface area contributed by atoms with Gasteiger partial charge >= 0.3 is 12.1 Å². The Bertz CT molecular complexity index is 1820. The average Bonchev–Trinajstić information content (AvgIpc) is 3.55. The largest absolute Gasteiger partial charge is 0.487 e. The lowest BCUT2D eigenvalue weighted by atomic mass is 9.94. The third-order valence-electron chi connectivity index (χ3n) is 9.16. The number of carboxylic acid groups (broad SMARTS) is 1. The number of carbonyl (C=O) groups excluding carboxylic acids is 1. The predicted octanol–water partition coefficient (Wildman–Crippen LogP) is 5.34. The molecule has 1 heterocycles. The van der Waals surface area contributed by atoms with E-state index in [1.165, 1.54) is 7.05 Å². The molecule has 0 aromatic heterocycles. The van der Waals surface area contributed by atoms with Crippen molar-refractivity contribution < 1.29 is 32.6 Å². The van der Waals surface area contributed by atoms with Gasteiger partial charge in [0.15, 0.2) is 0 Å². The molecule has 48 heavy (non-hydrogen) atoms. The molecule has 0 radical (unpaired) electrons. The van der Waals surface area contributed by atoms with E-state index in [4.69, 9.17) is 9.47 Å². The molecule has 11 nitrogen and oxygen atoms in total. The highest BCUT2D eigenvalue weighted by atomic mass is 32.2. The molecule has 4 N–H and O–H groups in total. The second kappa shape index (κ2) is 13.9. The van der Waals surface area contributed by atoms with Crippen molar-refractivity contribution in [3.8, 4) is 16.9 Å². The van der Waals surface area contributed by atoms with Crippen LogP contribution in [0, 0.1) is 20.8 Å². The molecule has 3 aromatic rings. The van der Waals surface area contributed by atoms with Crippen LogP contribution in [0.3, 0.4) is 0 Å². The topological polar surface area (TPSA) is 155 Å². The van der Waals surface area contributed by atoms with Gasteiger partial charge in [-0.15, -0.1) is 0 Å². The summed E-state index contributed by atoms with van der Waals surface area (Å²) in [6.45, 7) is 9.82. The molecule has 1 atom stereocenters. The Kier molecular flexibility index (Phi) is 10.0. The standard InChI is InChI=1S/C36H44N4O7S/c1-21-22(2)32(23(3)28-19-36(4,5)47-31(21)28)48(44,45)40-34(37-6)38-18-12-11-17-30(33(41)42)39-35(43)46-20-29-26-15-9-7-13-24(26)25-14-8-10-16-27(25)29/h7-10,13-16,29-30H,11-12,17-20H2,1-6H3,(H,39,43)(H,41,42)(H2,37,38,40)/t30-/m0/s1. The molecule has 12 heteroatoms. The van der Waals surface area contributed by atoms with Crippen molar-refractivity contribution in [1.82, 2.24) is 15.4 Å². The summed E-state index contributed by atoms with van der Waals surface area (Å²) in [5.41, 5.74) is 6.89. The highest BCUT2D eigenvalue weighted by Gasteiger charge is 2.37. The van der Waals surface area contributed by atoms with Gasteiger partial charge in [0, 0.05) is 31.5 Å². The van der Waals surface area contributed by atoms with Crippen LogP contribution in [0.2, 0.25) is 0 Å². The minimum Gasteiger partial charge on any atom is -0.487 e. The van der Waals surface area contributed by atoms with Gasteiger partial charge in [0.05, 0.1) is 4.90 Å². The maximum atomic E-state index is 13.6. The number of aliphatic imine (C=N–C) groups is 1. The Morgan fingerprint density at radius 1 is 1.00 bits per heavy atom. The normalized spacial score (nSPS) is 15.5. The van der Waals surface area contributed by atoms with Crippen LogP contribution in [0.25, 0.3) is 11.1 Å². The average molecular weight is 677 g/mol. The van der Waals surface area contributed by atoms with Gasteiger partial charge in [-0.1, -0.05) is 48.5 Å². The quantitative estimate of drug-likeness (QED) is 0.121. The first kappa shape index (κ1) is 34.7. The molecular formula is C36H44N4O7S. The zero-order valence-electron chi connectivity index (χ0n) is 28.3. The Morgan fingerprint density at radius 2 is 1.62 bits per heavy atom. The van der Waals surface area contributed by atoms with Crippen molar-refractivity contribution in [2.24, 2.45) is 4.99 Å². The van der Waals surface area contributed by atoms with E-state index in [1.54, 1.807) is 13.8 Å². The van der Waals surface area contributed by atoms with E-state index in [9.17, 15) is 23.1 Å². The number of sulfonamides is 1. The molecule has 0 saturated carbocycles. The van der Waals surface area contributed by atoms with Crippen LogP contribution in [0.4, 0.5) is 4.79 Å². The number of benzene rings is 3. The van der Waals surface area contributed by atoms with Gasteiger partial charge in [0.2, 0.25) is 5.96 Å². The summed E-state index contributed by atoms with van der Waals surface area (Å²) in [6, 6.07) is 14.8. The van der Waals surface area contributed by atoms with Gasteiger partial charge in [-0.05, 0) is 92.8 Å². The summed E-state index contributed by atoms with van der Waals surface area (Å²) < 4.78 is 41.4. The number of unbranched alkanes of at least 4 members (excludes halogenated alkanes) is 1. The number of ether oxygens (including phenoxy) is 2. The van der Waals surface area contributed by atoms with Gasteiger partial charge in [-0.25, -0.2) is 22.7 Å². The second-order valence-electron chi connectivity index (χ2n) is 13.0. The van der Waals surface area contributed by atoms with Crippen molar-refractivity contribution in [2.45, 2.75) is 82.8 Å². The molecule has 1 amide bonds. The maximum absolute atomic E-state index is 13.6. The highest BCUT2D eigenvalue weighted by Crippen LogP contribution is 2.45. The van der Waals surface area contributed by atoms with Crippen molar-refractivity contribution in [3.63, 3.8) is 0 Å². The van der Waals surface area contributed by atoms with Crippen molar-refractivity contribution in [1.29, 1.82) is 0 Å². The van der Waals surface area contributed by atoms with Crippen LogP contribution in [0.1, 0.15) is 72.4 Å². The summed E-state index contributed by atoms with van der Waals surface area (Å²) in [6.07, 6.45) is 0.920. The van der Waals surface area contributed by atoms with E-state index in [2.05, 4.69) is 20.3 Å². The molecule has 3 aromatic carbocycles. The first-order chi connectivity index (χ1) is 22.7. The smallest absolute Gasteiger partial charge is 0.407 e. The van der Waals surface area contributed by atoms with Crippen molar-refractivity contribution in [3.05, 3.63) is 81.9 Å². The molecule has 0 fully saturated rings. The minimum atomic E-state index is -3.98. The van der Waals surface area contributed by atoms with Crippen LogP contribution in [0.15, 0.2) is 58.4 Å². The Balaban J connectivity index is 1.11. The fourth-order valence-electron chi connectivity index (χ4n) is 6.71. The summed E-state index contributed by atoms with van der Waals surface area (Å²) >= 11 is 0. The molecule has 1 aliphatic carbocycles. The molecule has 256 valence electrons. The van der Waals surface area contributed by atoms with Crippen LogP contribution >= 0.6 is 0 Å². The number of guanidine groups is 1. The van der Waals surface area contributed by atoms with Crippen LogP contribution in [0.5, 0.6) is 5.75 Å². The number of hydrogen-bond acceptors (Lipinski definition) is 7. The zero-order valence-corrected chi connectivity index (χ0v) is 29.1. The van der Waals surface area contributed by atoms with E-state index in [1.807, 2.05) is 69.3 Å². The highest BCUT2D eigenvalue weighted by molar-refractivity contribution is 7.90. The van der Waals surface area contributed by atoms with Crippen LogP contribution in [-0.4, -0.2) is 63.4 Å². The number of rotatable bonds is 11. The van der Waals surface area contributed by atoms with Crippen LogP contribution < -0.4 is 20.1 Å². The number of carbonyl (C=O) groups is 2. The SMILES string of the molecule is CN=C(NCCCC[C@H](NC(=O)OCC1c2ccccc2-c2ccccc21)C(=O)O)NS(=O)(=O)c1c(C)c(C)c2c(c1C)CC(C)(C)O2. The Morgan fingerprint density at radius 3 is 2.23 bits per heavy atom. The van der Waals surface area contributed by atoms with Gasteiger partial charge in [-0.2, -0.15) is 0 Å². The fourth-order valence-corrected chi connectivity index (χ4v) is 8.31. The Hall–Kier alpha value is -4.58. The summed E-state index contributed by atoms with van der Waals surface area (Å²) in [5.74, 6) is -0.464. The number of nitrogens with one attached hydrogen (secondary N) is 3. The fraction of sp³-hybridized carbons (Fsp3) is 0.417. The summed E-state index contributed by atoms with van der Waals surface area (Å²) in [5, 5.41) is 15.2. The molecule has 0 bridgehead atoms. The summed E-state index contributed by atoms with van der Waals surface area (Å²) in [4.78, 5) is 28.9. The first-order valence-electron chi connectivity index (χ1n) is 16.1. The number of alkyl carbamates (subject to hydrolysis) is 1. The molecule has 0 saturated heterocycles. The predicted molar refractivity (Wildman–Crippen MR) is 184 cm³/mol. The van der Waals surface area contributed by atoms with Crippen molar-refractivity contribution in [2.75, 3.05) is 20.2 Å². The molecular weight excluding hydrogens is 632 g/mol. The van der Waals surface area contributed by atoms with Crippen LogP contribution in [-0.2, 0) is 26.0 Å². The number of hydrogen-bond donors (Lipinski definition) is 4. The number of amides is 1. The second-order valence-corrected chi connectivity index (χ2v) is 14.6. The van der Waals surface area contributed by atoms with E-state index in [-0.39, 0.29) is 29.8 Å². The Labute approximate surface area is 282 Å². The molecule has 2 aliphatic rings. The molecule has 0 spiro atoms. The lowest BCUT2D eigenvalue weighted by Gasteiger charge is -2.20. The number of carboxylic acids is 1. The monoisotopic (exact) mass is 676 g/mol. The van der Waals surface area contributed by atoms with Gasteiger partial charge in [-0.3, -0.25) is 4.99 Å². The molecule has 5 rings (SSSR count). The third kappa shape index (κ3) is 7.13. The van der Waals surface area contributed by atoms with Gasteiger partial charge < -0.3 is 25.2 Å². The van der Waals surface area contributed by atoms with E-state index >= 15 is 0 Å². The zero-order chi connectivity index (χ0) is 34.8. The number of nitrogens with zero attached hydrogens (tertiary/aromatic N) is 1. The van der Waals surface area contributed by atoms with Gasteiger partial charge in [0.1, 0.15) is 24.0 Å². The first-order valence-corrected chi connectivity index (χ1v) is 17.6. The van der Waals surface area contributed by atoms with Crippen molar-refractivity contribution >= 4 is 28.0 Å². The molecule has 1 aliphatic heterocycles. The van der Waals surface area contributed by atoms with Gasteiger partial charge in [0.25, 0.3) is 10.0 Å². The van der Waals surface area contributed by atoms with E-state index in [0.717, 1.165) is 39.1 Å². The lowest BCUT2D eigenvalue weighted by Crippen LogP contribution is -2.42. The minimum absolute atomic E-state index is 0.0788. The molecule has 0 unspecified atom stereocenters. The van der Waals surface area contributed by atoms with E-state index in [0.29, 0.717) is 36.9 Å². The van der Waals surface area contributed by atoms with E-state index < -0.39 is 33.7 Å². The third-order valence-corrected chi connectivity index (χ3v) is 10.8. The lowest BCUT2D eigenvalue weighted by molar-refractivity contribution is -0.139.